The summed E-state index contributed by atoms with van der Waals surface area (Å²) in [7, 11) is 1.67. The quantitative estimate of drug-likeness (QED) is 0.560. The number of halogens is 6. The number of hydroxylamine groups is 2. The molecule has 0 rings (SSSR count). The third-order valence-electron chi connectivity index (χ3n) is 1.34. The molecule has 0 spiro atoms. The highest BCUT2D eigenvalue weighted by molar-refractivity contribution is 5.66. The maximum atomic E-state index is 11.9. The molecule has 0 fully saturated rings. The first-order valence-electron chi connectivity index (χ1n) is 3.62. The minimum Gasteiger partial charge on any atom is -0.425 e. The molecular weight excluding hydrogens is 248 g/mol. The van der Waals surface area contributed by atoms with Crippen LogP contribution in [0.3, 0.4) is 0 Å². The summed E-state index contributed by atoms with van der Waals surface area (Å²) in [5.41, 5.74) is 0. The van der Waals surface area contributed by atoms with Gasteiger partial charge in [0.1, 0.15) is 0 Å². The van der Waals surface area contributed by atoms with Gasteiger partial charge in [-0.3, -0.25) is 4.84 Å². The number of alkyl halides is 6. The van der Waals surface area contributed by atoms with E-state index in [4.69, 9.17) is 0 Å². The zero-order valence-electron chi connectivity index (χ0n) is 8.02. The van der Waals surface area contributed by atoms with Crippen molar-refractivity contribution >= 4 is 6.09 Å². The molecule has 96 valence electrons. The lowest BCUT2D eigenvalue weighted by Crippen LogP contribution is -2.47. The van der Waals surface area contributed by atoms with Gasteiger partial charge in [-0.25, -0.2) is 4.79 Å². The van der Waals surface area contributed by atoms with Crippen molar-refractivity contribution in [3.05, 3.63) is 0 Å². The summed E-state index contributed by atoms with van der Waals surface area (Å²) in [6, 6.07) is 0. The Balaban J connectivity index is 4.78. The SMILES string of the molecule is CON(C)C(=O)OC(C(F)(F)F)C(F)(F)F. The Labute approximate surface area is 85.7 Å². The van der Waals surface area contributed by atoms with Crippen molar-refractivity contribution < 1.29 is 40.7 Å². The molecular formula is C6H7F6NO3. The molecule has 0 aliphatic heterocycles. The lowest BCUT2D eigenvalue weighted by Gasteiger charge is -2.24. The van der Waals surface area contributed by atoms with Crippen LogP contribution >= 0.6 is 0 Å². The predicted molar refractivity (Wildman–Crippen MR) is 37.2 cm³/mol. The summed E-state index contributed by atoms with van der Waals surface area (Å²) in [6.07, 6.45) is -17.5. The standard InChI is InChI=1S/C6H7F6NO3/c1-13(15-2)4(14)16-3(5(7,8)9)6(10,11)12/h3H,1-2H3. The molecule has 16 heavy (non-hydrogen) atoms. The van der Waals surface area contributed by atoms with Crippen LogP contribution in [0.15, 0.2) is 0 Å². The first-order valence-corrected chi connectivity index (χ1v) is 3.62. The zero-order chi connectivity index (χ0) is 13.1. The number of ether oxygens (including phenoxy) is 1. The van der Waals surface area contributed by atoms with E-state index in [0.29, 0.717) is 0 Å². The first kappa shape index (κ1) is 14.8. The number of rotatable bonds is 2. The minimum atomic E-state index is -5.73. The van der Waals surface area contributed by atoms with E-state index in [0.717, 1.165) is 14.2 Å². The molecule has 0 aromatic heterocycles. The molecule has 0 bridgehead atoms. The Hall–Kier alpha value is -1.19. The minimum absolute atomic E-state index is 0.0878. The number of nitrogens with zero attached hydrogens (tertiary/aromatic N) is 1. The monoisotopic (exact) mass is 255 g/mol. The van der Waals surface area contributed by atoms with Gasteiger partial charge in [0.05, 0.1) is 7.11 Å². The normalized spacial score (nSPS) is 12.8. The zero-order valence-corrected chi connectivity index (χ0v) is 8.02. The molecule has 0 aliphatic rings. The van der Waals surface area contributed by atoms with Crippen LogP contribution in [0.2, 0.25) is 0 Å². The average Bonchev–Trinajstić information content (AvgIpc) is 2.08. The van der Waals surface area contributed by atoms with Crippen LogP contribution in [-0.4, -0.2) is 43.8 Å². The fourth-order valence-electron chi connectivity index (χ4n) is 0.569. The molecule has 0 atom stereocenters. The topological polar surface area (TPSA) is 38.8 Å². The molecule has 0 saturated heterocycles. The second-order valence-corrected chi connectivity index (χ2v) is 2.53. The molecule has 0 N–H and O–H groups in total. The largest absolute Gasteiger partial charge is 0.434 e. The van der Waals surface area contributed by atoms with Crippen LogP contribution < -0.4 is 0 Å². The van der Waals surface area contributed by atoms with Crippen molar-refractivity contribution in [1.82, 2.24) is 5.06 Å². The van der Waals surface area contributed by atoms with Crippen molar-refractivity contribution in [1.29, 1.82) is 0 Å². The summed E-state index contributed by atoms with van der Waals surface area (Å²) in [4.78, 5) is 14.7. The number of hydrogen-bond acceptors (Lipinski definition) is 3. The number of carbonyl (C=O) groups excluding carboxylic acids is 1. The van der Waals surface area contributed by atoms with Gasteiger partial charge in [0, 0.05) is 7.05 Å². The number of hydrogen-bond donors (Lipinski definition) is 0. The molecule has 0 aromatic carbocycles. The Morgan fingerprint density at radius 1 is 1.12 bits per heavy atom. The van der Waals surface area contributed by atoms with Crippen molar-refractivity contribution in [2.45, 2.75) is 18.5 Å². The van der Waals surface area contributed by atoms with Gasteiger partial charge in [-0.15, -0.1) is 0 Å². The Kier molecular flexibility index (Phi) is 4.41. The molecule has 10 heteroatoms. The summed E-state index contributed by atoms with van der Waals surface area (Å²) in [5, 5.41) is 0.0878. The van der Waals surface area contributed by atoms with Gasteiger partial charge in [0.2, 0.25) is 0 Å². The molecule has 0 aliphatic carbocycles. The van der Waals surface area contributed by atoms with E-state index in [2.05, 4.69) is 9.57 Å². The summed E-state index contributed by atoms with van der Waals surface area (Å²) in [6.45, 7) is 0. The second kappa shape index (κ2) is 4.76. The fraction of sp³-hybridized carbons (Fsp3) is 0.833. The lowest BCUT2D eigenvalue weighted by molar-refractivity contribution is -0.311. The predicted octanol–water partition coefficient (Wildman–Crippen LogP) is 2.11. The lowest BCUT2D eigenvalue weighted by atomic mass is 10.3. The van der Waals surface area contributed by atoms with E-state index in [-0.39, 0.29) is 5.06 Å². The van der Waals surface area contributed by atoms with Gasteiger partial charge in [-0.2, -0.15) is 31.4 Å². The van der Waals surface area contributed by atoms with E-state index in [1.54, 1.807) is 0 Å². The molecule has 0 aromatic rings. The van der Waals surface area contributed by atoms with E-state index in [9.17, 15) is 31.1 Å². The van der Waals surface area contributed by atoms with Crippen molar-refractivity contribution in [3.63, 3.8) is 0 Å². The summed E-state index contributed by atoms with van der Waals surface area (Å²) < 4.78 is 74.6. The smallest absolute Gasteiger partial charge is 0.425 e. The Morgan fingerprint density at radius 3 is 1.75 bits per heavy atom. The van der Waals surface area contributed by atoms with Crippen LogP contribution in [0.25, 0.3) is 0 Å². The maximum Gasteiger partial charge on any atom is 0.434 e. The highest BCUT2D eigenvalue weighted by Crippen LogP contribution is 2.35. The molecule has 1 amide bonds. The van der Waals surface area contributed by atoms with Crippen molar-refractivity contribution in [2.24, 2.45) is 0 Å². The molecule has 0 heterocycles. The van der Waals surface area contributed by atoms with Crippen LogP contribution in [-0.2, 0) is 9.57 Å². The number of amides is 1. The van der Waals surface area contributed by atoms with E-state index in [1.165, 1.54) is 0 Å². The summed E-state index contributed by atoms with van der Waals surface area (Å²) >= 11 is 0. The second-order valence-electron chi connectivity index (χ2n) is 2.53. The maximum absolute atomic E-state index is 11.9. The van der Waals surface area contributed by atoms with Gasteiger partial charge in [-0.05, 0) is 0 Å². The van der Waals surface area contributed by atoms with E-state index >= 15 is 0 Å². The third-order valence-corrected chi connectivity index (χ3v) is 1.34. The molecule has 0 radical (unpaired) electrons. The number of carbonyl (C=O) groups is 1. The highest BCUT2D eigenvalue weighted by atomic mass is 19.4. The third kappa shape index (κ3) is 4.13. The fourth-order valence-corrected chi connectivity index (χ4v) is 0.569. The first-order chi connectivity index (χ1) is 7.00. The van der Waals surface area contributed by atoms with E-state index in [1.807, 2.05) is 0 Å². The Morgan fingerprint density at radius 2 is 1.50 bits per heavy atom. The summed E-state index contributed by atoms with van der Waals surface area (Å²) in [5.74, 6) is 0. The van der Waals surface area contributed by atoms with Gasteiger partial charge >= 0.3 is 18.4 Å². The Bertz CT molecular complexity index is 236. The molecule has 0 unspecified atom stereocenters. The molecule has 4 nitrogen and oxygen atoms in total. The van der Waals surface area contributed by atoms with Gasteiger partial charge in [-0.1, -0.05) is 0 Å². The van der Waals surface area contributed by atoms with Gasteiger partial charge in [0.25, 0.3) is 6.10 Å². The van der Waals surface area contributed by atoms with Crippen molar-refractivity contribution in [3.8, 4) is 0 Å². The average molecular weight is 255 g/mol. The van der Waals surface area contributed by atoms with Crippen LogP contribution in [0.1, 0.15) is 0 Å². The van der Waals surface area contributed by atoms with Crippen molar-refractivity contribution in [2.75, 3.05) is 14.2 Å². The van der Waals surface area contributed by atoms with Crippen LogP contribution in [0.4, 0.5) is 31.1 Å². The molecule has 0 saturated carbocycles. The van der Waals surface area contributed by atoms with Crippen LogP contribution in [0.5, 0.6) is 0 Å². The van der Waals surface area contributed by atoms with Crippen LogP contribution in [0, 0.1) is 0 Å². The highest BCUT2D eigenvalue weighted by Gasteiger charge is 2.60. The van der Waals surface area contributed by atoms with Gasteiger partial charge in [0.15, 0.2) is 0 Å². The van der Waals surface area contributed by atoms with E-state index < -0.39 is 24.5 Å². The van der Waals surface area contributed by atoms with Gasteiger partial charge < -0.3 is 4.74 Å².